The van der Waals surface area contributed by atoms with Crippen molar-refractivity contribution in [3.05, 3.63) is 35.7 Å². The lowest BCUT2D eigenvalue weighted by Crippen LogP contribution is -2.26. The van der Waals surface area contributed by atoms with Gasteiger partial charge in [-0.25, -0.2) is 5.06 Å². The van der Waals surface area contributed by atoms with Gasteiger partial charge in [-0.1, -0.05) is 29.4 Å². The number of alkyl halides is 3. The van der Waals surface area contributed by atoms with Crippen LogP contribution in [0.3, 0.4) is 0 Å². The maximum absolute atomic E-state index is 12.4. The van der Waals surface area contributed by atoms with Crippen molar-refractivity contribution in [2.45, 2.75) is 25.6 Å². The molecule has 136 valence electrons. The Balaban J connectivity index is 1.98. The Bertz CT molecular complexity index is 701. The highest BCUT2D eigenvalue weighted by atomic mass is 19.4. The Kier molecular flexibility index (Phi) is 6.10. The van der Waals surface area contributed by atoms with Crippen LogP contribution in [0.4, 0.5) is 13.2 Å². The summed E-state index contributed by atoms with van der Waals surface area (Å²) in [4.78, 5) is 15.0. The normalized spacial score (nSPS) is 11.6. The van der Waals surface area contributed by atoms with Gasteiger partial charge in [0.05, 0.1) is 6.54 Å². The van der Waals surface area contributed by atoms with Crippen LogP contribution in [0.25, 0.3) is 11.4 Å². The monoisotopic (exact) mass is 359 g/mol. The number of benzene rings is 1. The fourth-order valence-electron chi connectivity index (χ4n) is 1.97. The fraction of sp³-hybridized carbons (Fsp3) is 0.400. The Morgan fingerprint density at radius 1 is 1.32 bits per heavy atom. The summed E-state index contributed by atoms with van der Waals surface area (Å²) in [6, 6.07) is 6.04. The second kappa shape index (κ2) is 8.08. The first kappa shape index (κ1) is 18.9. The van der Waals surface area contributed by atoms with Crippen LogP contribution in [0.15, 0.2) is 28.8 Å². The molecule has 0 aliphatic carbocycles. The van der Waals surface area contributed by atoms with E-state index in [1.165, 1.54) is 19.2 Å². The van der Waals surface area contributed by atoms with Crippen molar-refractivity contribution in [2.24, 2.45) is 0 Å². The van der Waals surface area contributed by atoms with Crippen LogP contribution >= 0.6 is 0 Å². The number of rotatable bonds is 7. The van der Waals surface area contributed by atoms with Crippen LogP contribution in [-0.4, -0.2) is 40.0 Å². The molecule has 1 aromatic heterocycles. The summed E-state index contributed by atoms with van der Waals surface area (Å²) in [6.07, 6.45) is -4.07. The Morgan fingerprint density at radius 3 is 2.56 bits per heavy atom. The van der Waals surface area contributed by atoms with Crippen molar-refractivity contribution in [2.75, 3.05) is 13.7 Å². The zero-order valence-electron chi connectivity index (χ0n) is 13.3. The van der Waals surface area contributed by atoms with Crippen molar-refractivity contribution in [1.82, 2.24) is 15.2 Å². The number of amides is 1. The highest BCUT2D eigenvalue weighted by Gasteiger charge is 2.38. The maximum Gasteiger partial charge on any atom is 0.471 e. The molecule has 0 fully saturated rings. The van der Waals surface area contributed by atoms with Crippen molar-refractivity contribution in [1.29, 1.82) is 0 Å². The molecule has 1 aromatic carbocycles. The minimum Gasteiger partial charge on any atom is -0.385 e. The molecule has 0 atom stereocenters. The standard InChI is InChI=1S/C15H16F3N3O4/c1-24-8-2-3-12(22)21(23)9-10-4-6-11(7-5-10)13-19-14(25-20-13)15(16,17)18/h4-7,23H,2-3,8-9H2,1H3. The number of halogens is 3. The van der Waals surface area contributed by atoms with E-state index >= 15 is 0 Å². The minimum absolute atomic E-state index is 0.0495. The quantitative estimate of drug-likeness (QED) is 0.465. The molecule has 0 saturated heterocycles. The summed E-state index contributed by atoms with van der Waals surface area (Å²) in [5, 5.41) is 13.6. The first-order chi connectivity index (χ1) is 11.8. The molecule has 25 heavy (non-hydrogen) atoms. The SMILES string of the molecule is COCCCC(=O)N(O)Cc1ccc(-c2noc(C(F)(F)F)n2)cc1. The molecule has 0 aliphatic rings. The number of carbonyl (C=O) groups excluding carboxylic acids is 1. The molecular formula is C15H16F3N3O4. The molecule has 0 unspecified atom stereocenters. The van der Waals surface area contributed by atoms with Gasteiger partial charge in [0.1, 0.15) is 0 Å². The van der Waals surface area contributed by atoms with E-state index in [1.54, 1.807) is 12.1 Å². The van der Waals surface area contributed by atoms with Gasteiger partial charge in [-0.2, -0.15) is 18.2 Å². The Hall–Kier alpha value is -2.46. The third-order valence-electron chi connectivity index (χ3n) is 3.24. The molecule has 2 aromatic rings. The van der Waals surface area contributed by atoms with E-state index in [1.807, 2.05) is 0 Å². The van der Waals surface area contributed by atoms with Crippen LogP contribution in [0.1, 0.15) is 24.3 Å². The number of ether oxygens (including phenoxy) is 1. The predicted molar refractivity (Wildman–Crippen MR) is 78.2 cm³/mol. The van der Waals surface area contributed by atoms with Gasteiger partial charge in [-0.3, -0.25) is 10.0 Å². The van der Waals surface area contributed by atoms with Gasteiger partial charge in [0.25, 0.3) is 0 Å². The number of hydrogen-bond donors (Lipinski definition) is 1. The average Bonchev–Trinajstić information content (AvgIpc) is 3.06. The zero-order chi connectivity index (χ0) is 18.4. The van der Waals surface area contributed by atoms with Crippen LogP contribution in [0, 0.1) is 0 Å². The lowest BCUT2D eigenvalue weighted by molar-refractivity contribution is -0.168. The van der Waals surface area contributed by atoms with E-state index in [0.29, 0.717) is 29.2 Å². The van der Waals surface area contributed by atoms with Crippen molar-refractivity contribution < 1.29 is 32.4 Å². The van der Waals surface area contributed by atoms with Gasteiger partial charge >= 0.3 is 12.1 Å². The Labute approximate surface area is 141 Å². The van der Waals surface area contributed by atoms with Gasteiger partial charge in [-0.05, 0) is 12.0 Å². The summed E-state index contributed by atoms with van der Waals surface area (Å²) in [5.74, 6) is -2.07. The Morgan fingerprint density at radius 2 is 2.00 bits per heavy atom. The largest absolute Gasteiger partial charge is 0.471 e. The van der Waals surface area contributed by atoms with E-state index in [2.05, 4.69) is 14.7 Å². The number of aromatic nitrogens is 2. The molecule has 0 aliphatic heterocycles. The number of hydrogen-bond acceptors (Lipinski definition) is 6. The smallest absolute Gasteiger partial charge is 0.385 e. The van der Waals surface area contributed by atoms with Gasteiger partial charge < -0.3 is 9.26 Å². The first-order valence-electron chi connectivity index (χ1n) is 7.29. The molecule has 1 N–H and O–H groups in total. The number of nitrogens with zero attached hydrogens (tertiary/aromatic N) is 3. The summed E-state index contributed by atoms with van der Waals surface area (Å²) in [6.45, 7) is 0.366. The van der Waals surface area contributed by atoms with Crippen molar-refractivity contribution in [3.63, 3.8) is 0 Å². The topological polar surface area (TPSA) is 88.7 Å². The van der Waals surface area contributed by atoms with Gasteiger partial charge in [-0.15, -0.1) is 0 Å². The van der Waals surface area contributed by atoms with E-state index < -0.39 is 18.0 Å². The molecule has 0 saturated carbocycles. The fourth-order valence-corrected chi connectivity index (χ4v) is 1.97. The second-order valence-corrected chi connectivity index (χ2v) is 5.17. The van der Waals surface area contributed by atoms with Crippen molar-refractivity contribution >= 4 is 5.91 Å². The summed E-state index contributed by atoms with van der Waals surface area (Å²) in [5.41, 5.74) is 0.907. The number of hydroxylamine groups is 2. The first-order valence-corrected chi connectivity index (χ1v) is 7.29. The molecule has 0 spiro atoms. The lowest BCUT2D eigenvalue weighted by Gasteiger charge is -2.15. The number of methoxy groups -OCH3 is 1. The molecule has 1 amide bonds. The van der Waals surface area contributed by atoms with Crippen LogP contribution < -0.4 is 0 Å². The molecule has 7 nitrogen and oxygen atoms in total. The van der Waals surface area contributed by atoms with Crippen molar-refractivity contribution in [3.8, 4) is 11.4 Å². The third kappa shape index (κ3) is 5.26. The summed E-state index contributed by atoms with van der Waals surface area (Å²) in [7, 11) is 1.52. The highest BCUT2D eigenvalue weighted by molar-refractivity contribution is 5.74. The van der Waals surface area contributed by atoms with Gasteiger partial charge in [0.15, 0.2) is 0 Å². The molecule has 10 heteroatoms. The van der Waals surface area contributed by atoms with Gasteiger partial charge in [0, 0.05) is 25.7 Å². The third-order valence-corrected chi connectivity index (χ3v) is 3.24. The number of carbonyl (C=O) groups is 1. The van der Waals surface area contributed by atoms with Crippen LogP contribution in [0.2, 0.25) is 0 Å². The van der Waals surface area contributed by atoms with E-state index in [9.17, 15) is 23.2 Å². The molecule has 1 heterocycles. The molecule has 0 bridgehead atoms. The summed E-state index contributed by atoms with van der Waals surface area (Å²) < 4.78 is 46.3. The van der Waals surface area contributed by atoms with E-state index in [0.717, 1.165) is 0 Å². The second-order valence-electron chi connectivity index (χ2n) is 5.17. The average molecular weight is 359 g/mol. The summed E-state index contributed by atoms with van der Waals surface area (Å²) >= 11 is 0. The highest BCUT2D eigenvalue weighted by Crippen LogP contribution is 2.29. The van der Waals surface area contributed by atoms with E-state index in [-0.39, 0.29) is 18.8 Å². The lowest BCUT2D eigenvalue weighted by atomic mass is 10.1. The predicted octanol–water partition coefficient (Wildman–Crippen LogP) is 2.90. The molecular weight excluding hydrogens is 343 g/mol. The minimum atomic E-state index is -4.70. The zero-order valence-corrected chi connectivity index (χ0v) is 13.3. The van der Waals surface area contributed by atoms with E-state index in [4.69, 9.17) is 4.74 Å². The molecule has 0 radical (unpaired) electrons. The maximum atomic E-state index is 12.4. The van der Waals surface area contributed by atoms with Crippen LogP contribution in [-0.2, 0) is 22.3 Å². The van der Waals surface area contributed by atoms with Crippen LogP contribution in [0.5, 0.6) is 0 Å². The molecule has 2 rings (SSSR count). The van der Waals surface area contributed by atoms with Gasteiger partial charge in [0.2, 0.25) is 11.7 Å².